The number of hydrogen-bond donors (Lipinski definition) is 1. The Balaban J connectivity index is 1.49. The van der Waals surface area contributed by atoms with Crippen LogP contribution >= 0.6 is 39.1 Å². The monoisotopic (exact) mass is 689 g/mol. The van der Waals surface area contributed by atoms with Crippen molar-refractivity contribution in [1.82, 2.24) is 5.43 Å². The number of carbonyl (C=O) groups is 1. The van der Waals surface area contributed by atoms with E-state index in [1.165, 1.54) is 25.5 Å². The van der Waals surface area contributed by atoms with Gasteiger partial charge >= 0.3 is 0 Å². The van der Waals surface area contributed by atoms with Gasteiger partial charge < -0.3 is 9.47 Å². The van der Waals surface area contributed by atoms with E-state index in [-0.39, 0.29) is 4.90 Å². The molecule has 0 heterocycles. The quantitative estimate of drug-likeness (QED) is 0.135. The lowest BCUT2D eigenvalue weighted by Crippen LogP contribution is -2.40. The fourth-order valence-corrected chi connectivity index (χ4v) is 6.39. The maximum absolute atomic E-state index is 13.5. The minimum absolute atomic E-state index is 0.0472. The fraction of sp³-hybridized carbons (Fsp3) is 0.133. The summed E-state index contributed by atoms with van der Waals surface area (Å²) in [6.45, 7) is 1.51. The molecule has 4 rings (SSSR count). The van der Waals surface area contributed by atoms with Crippen molar-refractivity contribution in [3.05, 3.63) is 116 Å². The first-order chi connectivity index (χ1) is 20.1. The molecule has 12 heteroatoms. The number of hydrogen-bond acceptors (Lipinski definition) is 6. The predicted octanol–water partition coefficient (Wildman–Crippen LogP) is 7.00. The molecule has 4 aromatic rings. The summed E-state index contributed by atoms with van der Waals surface area (Å²) in [4.78, 5) is 13.0. The van der Waals surface area contributed by atoms with Crippen LogP contribution in [0.15, 0.2) is 99.4 Å². The molecule has 0 unspecified atom stereocenters. The molecule has 1 amide bonds. The summed E-state index contributed by atoms with van der Waals surface area (Å²) in [5.74, 6) is 0.298. The highest BCUT2D eigenvalue weighted by Gasteiger charge is 2.28. The molecular weight excluding hydrogens is 665 g/mol. The smallest absolute Gasteiger partial charge is 0.264 e. The average molecular weight is 691 g/mol. The Kier molecular flexibility index (Phi) is 10.5. The van der Waals surface area contributed by atoms with Crippen LogP contribution < -0.4 is 19.2 Å². The molecule has 0 aromatic heterocycles. The summed E-state index contributed by atoms with van der Waals surface area (Å²) in [5.41, 5.74) is 4.85. The fourth-order valence-electron chi connectivity index (χ4n) is 3.95. The van der Waals surface area contributed by atoms with Crippen molar-refractivity contribution in [1.29, 1.82) is 0 Å². The van der Waals surface area contributed by atoms with Crippen LogP contribution in [0.2, 0.25) is 10.0 Å². The van der Waals surface area contributed by atoms with Crippen LogP contribution in [0, 0.1) is 6.92 Å². The van der Waals surface area contributed by atoms with E-state index >= 15 is 0 Å². The van der Waals surface area contributed by atoms with Crippen molar-refractivity contribution in [3.63, 3.8) is 0 Å². The SMILES string of the molecule is COc1cc(/C=N\NC(=O)CN(c2ccc(Cl)cc2C)S(=O)(=O)c2ccccc2)cc(Br)c1OCc1ccc(Cl)cc1. The third-order valence-electron chi connectivity index (χ3n) is 6.00. The lowest BCUT2D eigenvalue weighted by molar-refractivity contribution is -0.119. The standard InChI is InChI=1S/C30H26BrCl2N3O5S/c1-20-14-24(33)12-13-27(20)36(42(38,39)25-6-4-3-5-7-25)18-29(37)35-34-17-22-15-26(31)30(28(16-22)40-2)41-19-21-8-10-23(32)11-9-21/h3-17H,18-19H2,1-2H3,(H,35,37)/b34-17-. The zero-order chi connectivity index (χ0) is 30.3. The number of sulfonamides is 1. The lowest BCUT2D eigenvalue weighted by Gasteiger charge is -2.25. The highest BCUT2D eigenvalue weighted by Crippen LogP contribution is 2.37. The molecule has 0 aliphatic heterocycles. The van der Waals surface area contributed by atoms with Gasteiger partial charge in [0.15, 0.2) is 11.5 Å². The number of methoxy groups -OCH3 is 1. The number of rotatable bonds is 11. The van der Waals surface area contributed by atoms with Gasteiger partial charge in [0.05, 0.1) is 28.4 Å². The molecule has 0 fully saturated rings. The number of hydrazone groups is 1. The van der Waals surface area contributed by atoms with Crippen molar-refractivity contribution in [3.8, 4) is 11.5 Å². The number of ether oxygens (including phenoxy) is 2. The second-order valence-electron chi connectivity index (χ2n) is 9.00. The molecule has 0 aliphatic rings. The molecule has 0 radical (unpaired) electrons. The van der Waals surface area contributed by atoms with Crippen LogP contribution in [-0.4, -0.2) is 34.2 Å². The minimum Gasteiger partial charge on any atom is -0.493 e. The molecule has 1 N–H and O–H groups in total. The second-order valence-corrected chi connectivity index (χ2v) is 12.6. The van der Waals surface area contributed by atoms with Gasteiger partial charge in [-0.25, -0.2) is 13.8 Å². The summed E-state index contributed by atoms with van der Waals surface area (Å²) in [6, 6.07) is 23.4. The first kappa shape index (κ1) is 31.4. The van der Waals surface area contributed by atoms with E-state index in [4.69, 9.17) is 32.7 Å². The van der Waals surface area contributed by atoms with Gasteiger partial charge in [0.25, 0.3) is 15.9 Å². The van der Waals surface area contributed by atoms with E-state index < -0.39 is 22.5 Å². The number of halogens is 3. The molecule has 0 spiro atoms. The summed E-state index contributed by atoms with van der Waals surface area (Å²) in [5, 5.41) is 5.12. The molecule has 0 bridgehead atoms. The number of amides is 1. The van der Waals surface area contributed by atoms with Gasteiger partial charge in [-0.3, -0.25) is 9.10 Å². The zero-order valence-electron chi connectivity index (χ0n) is 22.6. The topological polar surface area (TPSA) is 97.3 Å². The Morgan fingerprint density at radius 2 is 1.69 bits per heavy atom. The molecule has 42 heavy (non-hydrogen) atoms. The number of aryl methyl sites for hydroxylation is 1. The van der Waals surface area contributed by atoms with Crippen LogP contribution in [0.1, 0.15) is 16.7 Å². The zero-order valence-corrected chi connectivity index (χ0v) is 26.5. The van der Waals surface area contributed by atoms with Gasteiger partial charge in [0.1, 0.15) is 13.2 Å². The highest BCUT2D eigenvalue weighted by molar-refractivity contribution is 9.10. The largest absolute Gasteiger partial charge is 0.493 e. The minimum atomic E-state index is -4.07. The second kappa shape index (κ2) is 14.1. The van der Waals surface area contributed by atoms with Crippen molar-refractivity contribution in [2.45, 2.75) is 18.4 Å². The number of benzene rings is 4. The van der Waals surface area contributed by atoms with Gasteiger partial charge in [-0.2, -0.15) is 5.10 Å². The van der Waals surface area contributed by atoms with Gasteiger partial charge in [0, 0.05) is 10.0 Å². The third-order valence-corrected chi connectivity index (χ3v) is 8.85. The maximum Gasteiger partial charge on any atom is 0.264 e. The van der Waals surface area contributed by atoms with Gasteiger partial charge in [-0.15, -0.1) is 0 Å². The number of nitrogens with zero attached hydrogens (tertiary/aromatic N) is 2. The summed E-state index contributed by atoms with van der Waals surface area (Å²) in [7, 11) is -2.56. The van der Waals surface area contributed by atoms with Crippen LogP contribution in [0.3, 0.4) is 0 Å². The highest BCUT2D eigenvalue weighted by atomic mass is 79.9. The first-order valence-corrected chi connectivity index (χ1v) is 15.5. The number of nitrogens with one attached hydrogen (secondary N) is 1. The van der Waals surface area contributed by atoms with Crippen molar-refractivity contribution in [2.75, 3.05) is 18.0 Å². The van der Waals surface area contributed by atoms with E-state index in [9.17, 15) is 13.2 Å². The average Bonchev–Trinajstić information content (AvgIpc) is 2.96. The molecule has 0 saturated heterocycles. The molecule has 4 aromatic carbocycles. The van der Waals surface area contributed by atoms with Gasteiger partial charge in [-0.1, -0.05) is 53.5 Å². The number of anilines is 1. The van der Waals surface area contributed by atoms with Crippen molar-refractivity contribution in [2.24, 2.45) is 5.10 Å². The normalized spacial score (nSPS) is 11.4. The van der Waals surface area contributed by atoms with E-state index in [0.29, 0.717) is 49.4 Å². The molecule has 0 saturated carbocycles. The molecule has 0 atom stereocenters. The van der Waals surface area contributed by atoms with E-state index in [0.717, 1.165) is 9.87 Å². The Labute approximate surface area is 263 Å². The maximum atomic E-state index is 13.5. The lowest BCUT2D eigenvalue weighted by atomic mass is 10.2. The van der Waals surface area contributed by atoms with Crippen LogP contribution in [-0.2, 0) is 21.4 Å². The molecule has 8 nitrogen and oxygen atoms in total. The molecular formula is C30H26BrCl2N3O5S. The van der Waals surface area contributed by atoms with E-state index in [1.54, 1.807) is 67.6 Å². The Hall–Kier alpha value is -3.57. The summed E-state index contributed by atoms with van der Waals surface area (Å²) in [6.07, 6.45) is 1.41. The van der Waals surface area contributed by atoms with Gasteiger partial charge in [-0.05, 0) is 94.1 Å². The summed E-state index contributed by atoms with van der Waals surface area (Å²) < 4.78 is 40.2. The Morgan fingerprint density at radius 3 is 2.36 bits per heavy atom. The Morgan fingerprint density at radius 1 is 1.00 bits per heavy atom. The summed E-state index contributed by atoms with van der Waals surface area (Å²) >= 11 is 15.5. The van der Waals surface area contributed by atoms with E-state index in [1.807, 2.05) is 12.1 Å². The first-order valence-electron chi connectivity index (χ1n) is 12.5. The number of carbonyl (C=O) groups excluding carboxylic acids is 1. The van der Waals surface area contributed by atoms with Gasteiger partial charge in [0.2, 0.25) is 0 Å². The van der Waals surface area contributed by atoms with Crippen LogP contribution in [0.5, 0.6) is 11.5 Å². The molecule has 0 aliphatic carbocycles. The van der Waals surface area contributed by atoms with Crippen molar-refractivity contribution >= 4 is 67.0 Å². The van der Waals surface area contributed by atoms with E-state index in [2.05, 4.69) is 26.5 Å². The van der Waals surface area contributed by atoms with Crippen LogP contribution in [0.4, 0.5) is 5.69 Å². The predicted molar refractivity (Wildman–Crippen MR) is 169 cm³/mol. The Bertz CT molecular complexity index is 1700. The van der Waals surface area contributed by atoms with Crippen LogP contribution in [0.25, 0.3) is 0 Å². The molecule has 218 valence electrons. The third kappa shape index (κ3) is 7.83. The van der Waals surface area contributed by atoms with Crippen molar-refractivity contribution < 1.29 is 22.7 Å².